The quantitative estimate of drug-likeness (QED) is 0.760. The summed E-state index contributed by atoms with van der Waals surface area (Å²) in [6.07, 6.45) is 0.896. The van der Waals surface area contributed by atoms with Crippen LogP contribution in [0.4, 0.5) is 10.1 Å². The number of rotatable bonds is 6. The van der Waals surface area contributed by atoms with Crippen LogP contribution in [0.3, 0.4) is 0 Å². The molecule has 0 saturated heterocycles. The van der Waals surface area contributed by atoms with E-state index in [0.29, 0.717) is 12.2 Å². The zero-order chi connectivity index (χ0) is 12.8. The largest absolute Gasteiger partial charge is 0.395 e. The van der Waals surface area contributed by atoms with Crippen LogP contribution in [-0.4, -0.2) is 29.8 Å². The van der Waals surface area contributed by atoms with Gasteiger partial charge < -0.3 is 15.7 Å². The van der Waals surface area contributed by atoms with Crippen molar-refractivity contribution in [1.29, 1.82) is 0 Å². The molecule has 1 aromatic carbocycles. The lowest BCUT2D eigenvalue weighted by atomic mass is 10.1. The average Bonchev–Trinajstić information content (AvgIpc) is 2.28. The Hall–Kier alpha value is -1.20. The minimum absolute atomic E-state index is 0.00723. The molecule has 0 aliphatic carbocycles. The molecule has 0 radical (unpaired) electrons. The van der Waals surface area contributed by atoms with E-state index in [-0.39, 0.29) is 17.2 Å². The molecule has 3 nitrogen and oxygen atoms in total. The summed E-state index contributed by atoms with van der Waals surface area (Å²) >= 11 is 4.87. The Labute approximate surface area is 106 Å². The van der Waals surface area contributed by atoms with E-state index in [1.165, 1.54) is 6.07 Å². The molecule has 17 heavy (non-hydrogen) atoms. The molecule has 3 N–H and O–H groups in total. The normalized spacial score (nSPS) is 10.3. The van der Waals surface area contributed by atoms with Crippen LogP contribution in [0.15, 0.2) is 18.2 Å². The highest BCUT2D eigenvalue weighted by Crippen LogP contribution is 2.23. The first-order chi connectivity index (χ1) is 8.11. The third-order valence-electron chi connectivity index (χ3n) is 2.44. The lowest BCUT2D eigenvalue weighted by Gasteiger charge is -2.25. The molecule has 0 atom stereocenters. The van der Waals surface area contributed by atoms with E-state index in [4.69, 9.17) is 23.1 Å². The minimum Gasteiger partial charge on any atom is -0.395 e. The highest BCUT2D eigenvalue weighted by molar-refractivity contribution is 7.80. The molecule has 0 aliphatic heterocycles. The molecule has 0 heterocycles. The van der Waals surface area contributed by atoms with Gasteiger partial charge >= 0.3 is 0 Å². The fourth-order valence-electron chi connectivity index (χ4n) is 1.76. The predicted molar refractivity (Wildman–Crippen MR) is 71.9 cm³/mol. The summed E-state index contributed by atoms with van der Waals surface area (Å²) < 4.78 is 13.7. The number of hydrogen-bond donors (Lipinski definition) is 2. The molecule has 0 saturated carbocycles. The van der Waals surface area contributed by atoms with Gasteiger partial charge in [0.05, 0.1) is 12.2 Å². The van der Waals surface area contributed by atoms with E-state index in [2.05, 4.69) is 0 Å². The van der Waals surface area contributed by atoms with Crippen LogP contribution in [-0.2, 0) is 0 Å². The molecular weight excluding hydrogens is 239 g/mol. The lowest BCUT2D eigenvalue weighted by molar-refractivity contribution is 0.302. The Balaban J connectivity index is 3.17. The number of benzene rings is 1. The van der Waals surface area contributed by atoms with Gasteiger partial charge in [-0.15, -0.1) is 0 Å². The van der Waals surface area contributed by atoms with Gasteiger partial charge in [-0.1, -0.05) is 25.2 Å². The van der Waals surface area contributed by atoms with Gasteiger partial charge in [0.15, 0.2) is 0 Å². The van der Waals surface area contributed by atoms with Gasteiger partial charge in [0.25, 0.3) is 0 Å². The first-order valence-electron chi connectivity index (χ1n) is 5.56. The summed E-state index contributed by atoms with van der Waals surface area (Å²) in [7, 11) is 0. The van der Waals surface area contributed by atoms with Crippen molar-refractivity contribution in [3.63, 3.8) is 0 Å². The maximum atomic E-state index is 13.7. The zero-order valence-corrected chi connectivity index (χ0v) is 10.6. The second-order valence-corrected chi connectivity index (χ2v) is 4.15. The Morgan fingerprint density at radius 2 is 2.18 bits per heavy atom. The van der Waals surface area contributed by atoms with Crippen molar-refractivity contribution in [2.24, 2.45) is 5.73 Å². The van der Waals surface area contributed by atoms with E-state index >= 15 is 0 Å². The summed E-state index contributed by atoms with van der Waals surface area (Å²) in [5.41, 5.74) is 6.45. The van der Waals surface area contributed by atoms with Crippen molar-refractivity contribution in [3.8, 4) is 0 Å². The predicted octanol–water partition coefficient (Wildman–Crippen LogP) is 1.67. The van der Waals surface area contributed by atoms with Gasteiger partial charge in [-0.2, -0.15) is 0 Å². The van der Waals surface area contributed by atoms with Gasteiger partial charge in [-0.3, -0.25) is 0 Å². The third kappa shape index (κ3) is 3.38. The van der Waals surface area contributed by atoms with E-state index in [1.54, 1.807) is 12.1 Å². The Morgan fingerprint density at radius 1 is 1.47 bits per heavy atom. The molecule has 5 heteroatoms. The van der Waals surface area contributed by atoms with Crippen molar-refractivity contribution >= 4 is 22.9 Å². The molecule has 1 rings (SSSR count). The van der Waals surface area contributed by atoms with Crippen LogP contribution < -0.4 is 10.6 Å². The Morgan fingerprint density at radius 3 is 2.71 bits per heavy atom. The van der Waals surface area contributed by atoms with Crippen LogP contribution in [0.5, 0.6) is 0 Å². The van der Waals surface area contributed by atoms with Gasteiger partial charge in [0.1, 0.15) is 10.8 Å². The van der Waals surface area contributed by atoms with E-state index < -0.39 is 5.82 Å². The average molecular weight is 256 g/mol. The molecule has 0 fully saturated rings. The van der Waals surface area contributed by atoms with Crippen molar-refractivity contribution in [2.75, 3.05) is 24.6 Å². The molecule has 0 unspecified atom stereocenters. The number of aliphatic hydroxyl groups excluding tert-OH is 1. The molecule has 0 aromatic heterocycles. The van der Waals surface area contributed by atoms with Crippen LogP contribution in [0.1, 0.15) is 18.9 Å². The molecule has 0 bridgehead atoms. The smallest absolute Gasteiger partial charge is 0.135 e. The number of halogens is 1. The first kappa shape index (κ1) is 13.9. The number of nitrogens with two attached hydrogens (primary N) is 1. The lowest BCUT2D eigenvalue weighted by Crippen LogP contribution is -2.30. The Kier molecular flexibility index (Phi) is 5.31. The zero-order valence-electron chi connectivity index (χ0n) is 9.82. The van der Waals surface area contributed by atoms with Crippen LogP contribution in [0.25, 0.3) is 0 Å². The molecule has 94 valence electrons. The van der Waals surface area contributed by atoms with E-state index in [0.717, 1.165) is 13.0 Å². The number of hydrogen-bond acceptors (Lipinski definition) is 3. The third-order valence-corrected chi connectivity index (χ3v) is 2.65. The maximum absolute atomic E-state index is 13.7. The fourth-order valence-corrected chi connectivity index (χ4v) is 1.97. The summed E-state index contributed by atoms with van der Waals surface area (Å²) in [6.45, 7) is 3.18. The van der Waals surface area contributed by atoms with E-state index in [1.807, 2.05) is 11.8 Å². The summed E-state index contributed by atoms with van der Waals surface area (Å²) in [5.74, 6) is -0.422. The second-order valence-electron chi connectivity index (χ2n) is 3.71. The number of nitrogens with zero attached hydrogens (tertiary/aromatic N) is 1. The second kappa shape index (κ2) is 6.51. The first-order valence-corrected chi connectivity index (χ1v) is 5.96. The number of thiocarbonyl (C=S) groups is 1. The SMILES string of the molecule is CCCN(CCO)c1cccc(F)c1C(N)=S. The molecule has 0 spiro atoms. The number of aliphatic hydroxyl groups is 1. The summed E-state index contributed by atoms with van der Waals surface area (Å²) in [5, 5.41) is 9.02. The molecule has 1 aromatic rings. The highest BCUT2D eigenvalue weighted by atomic mass is 32.1. The molecule has 0 amide bonds. The van der Waals surface area contributed by atoms with Crippen molar-refractivity contribution in [3.05, 3.63) is 29.6 Å². The molecular formula is C12H17FN2OS. The monoisotopic (exact) mass is 256 g/mol. The number of anilines is 1. The summed E-state index contributed by atoms with van der Waals surface area (Å²) in [6, 6.07) is 4.72. The van der Waals surface area contributed by atoms with Gasteiger partial charge in [0.2, 0.25) is 0 Å². The van der Waals surface area contributed by atoms with Crippen LogP contribution in [0.2, 0.25) is 0 Å². The Bertz CT molecular complexity index is 392. The van der Waals surface area contributed by atoms with Crippen molar-refractivity contribution in [2.45, 2.75) is 13.3 Å². The van der Waals surface area contributed by atoms with Gasteiger partial charge in [-0.05, 0) is 18.6 Å². The minimum atomic E-state index is -0.422. The maximum Gasteiger partial charge on any atom is 0.135 e. The van der Waals surface area contributed by atoms with Crippen LogP contribution >= 0.6 is 12.2 Å². The van der Waals surface area contributed by atoms with E-state index in [9.17, 15) is 4.39 Å². The van der Waals surface area contributed by atoms with Crippen molar-refractivity contribution in [1.82, 2.24) is 0 Å². The van der Waals surface area contributed by atoms with Gasteiger partial charge in [-0.25, -0.2) is 4.39 Å². The van der Waals surface area contributed by atoms with Crippen LogP contribution in [0, 0.1) is 5.82 Å². The highest BCUT2D eigenvalue weighted by Gasteiger charge is 2.15. The molecule has 0 aliphatic rings. The van der Waals surface area contributed by atoms with Crippen molar-refractivity contribution < 1.29 is 9.50 Å². The fraction of sp³-hybridized carbons (Fsp3) is 0.417. The topological polar surface area (TPSA) is 49.5 Å². The summed E-state index contributed by atoms with van der Waals surface area (Å²) in [4.78, 5) is 1.93. The van der Waals surface area contributed by atoms with Gasteiger partial charge in [0, 0.05) is 18.8 Å². The standard InChI is InChI=1S/C12H17FN2OS/c1-2-6-15(7-8-16)10-5-3-4-9(13)11(10)12(14)17/h3-5,16H,2,6-8H2,1H3,(H2,14,17).